The number of rotatable bonds is 13. The Hall–Kier alpha value is -4.09. The maximum Gasteiger partial charge on any atom is 1.00 e. The van der Waals surface area contributed by atoms with Gasteiger partial charge in [-0.1, -0.05) is 19.9 Å². The minimum absolute atomic E-state index is 0. The van der Waals surface area contributed by atoms with E-state index in [4.69, 9.17) is 9.47 Å². The predicted molar refractivity (Wildman–Crippen MR) is 163 cm³/mol. The molecule has 0 unspecified atom stereocenters. The van der Waals surface area contributed by atoms with E-state index in [1.165, 1.54) is 7.11 Å². The van der Waals surface area contributed by atoms with Crippen LogP contribution in [0.1, 0.15) is 66.1 Å². The number of carboxylic acids is 1. The van der Waals surface area contributed by atoms with Gasteiger partial charge in [0.1, 0.15) is 11.4 Å². The number of carbonyl (C=O) groups excluding carboxylic acids is 1. The molecule has 0 spiro atoms. The van der Waals surface area contributed by atoms with Crippen molar-refractivity contribution in [1.82, 2.24) is 15.0 Å². The standard InChI is InChI=1S/C34H31F9N4O4.Na/c1-19(2)27-8-9-28(50-3)30(46-27)26-7-6-22(32(35,36)37)13-21(26)18-47(31-44-15-25(16-45-31)51-10-4-5-29(48)49)17-20-11-23(33(38,39)40)14-24(12-20)34(41,42)43;/h6-9,11-16,19H,4-5,10,17-18H2,1-3H3,(H,48,49);/q;+1/p-1. The van der Waals surface area contributed by atoms with Gasteiger partial charge in [-0.05, 0) is 72.4 Å². The van der Waals surface area contributed by atoms with Crippen molar-refractivity contribution in [3.8, 4) is 22.8 Å². The summed E-state index contributed by atoms with van der Waals surface area (Å²) in [6.45, 7) is 2.33. The van der Waals surface area contributed by atoms with Gasteiger partial charge in [0, 0.05) is 30.3 Å². The van der Waals surface area contributed by atoms with E-state index in [2.05, 4.69) is 15.0 Å². The van der Waals surface area contributed by atoms with Crippen LogP contribution < -0.4 is 49.0 Å². The number of ether oxygens (including phenoxy) is 2. The Morgan fingerprint density at radius 3 is 1.94 bits per heavy atom. The number of aromatic nitrogens is 3. The maximum atomic E-state index is 14.0. The first kappa shape index (κ1) is 42.3. The first-order chi connectivity index (χ1) is 23.8. The summed E-state index contributed by atoms with van der Waals surface area (Å²) in [5.41, 5.74) is -3.98. The van der Waals surface area contributed by atoms with Gasteiger partial charge in [-0.3, -0.25) is 0 Å². The summed E-state index contributed by atoms with van der Waals surface area (Å²) in [4.78, 5) is 24.6. The van der Waals surface area contributed by atoms with E-state index in [9.17, 15) is 49.4 Å². The van der Waals surface area contributed by atoms with Crippen LogP contribution in [0.5, 0.6) is 11.5 Å². The predicted octanol–water partition coefficient (Wildman–Crippen LogP) is 4.85. The molecule has 0 bridgehead atoms. The van der Waals surface area contributed by atoms with Gasteiger partial charge < -0.3 is 24.3 Å². The van der Waals surface area contributed by atoms with Gasteiger partial charge in [0.25, 0.3) is 0 Å². The minimum atomic E-state index is -5.16. The third kappa shape index (κ3) is 11.2. The number of methoxy groups -OCH3 is 1. The van der Waals surface area contributed by atoms with Crippen molar-refractivity contribution >= 4 is 11.9 Å². The van der Waals surface area contributed by atoms with Crippen LogP contribution in [0.3, 0.4) is 0 Å². The van der Waals surface area contributed by atoms with Crippen LogP contribution in [0.15, 0.2) is 60.9 Å². The normalized spacial score (nSPS) is 12.0. The van der Waals surface area contributed by atoms with Gasteiger partial charge in [0.2, 0.25) is 5.95 Å². The summed E-state index contributed by atoms with van der Waals surface area (Å²) in [5.74, 6) is -1.47. The van der Waals surface area contributed by atoms with E-state index in [-0.39, 0.29) is 95.3 Å². The Balaban J connectivity index is 0.00000729. The van der Waals surface area contributed by atoms with Crippen LogP contribution in [-0.4, -0.2) is 34.6 Å². The molecule has 4 aromatic rings. The van der Waals surface area contributed by atoms with Gasteiger partial charge in [-0.2, -0.15) is 39.5 Å². The number of pyridine rings is 1. The Labute approximate surface area is 314 Å². The zero-order valence-corrected chi connectivity index (χ0v) is 30.2. The zero-order valence-electron chi connectivity index (χ0n) is 28.2. The van der Waals surface area contributed by atoms with Gasteiger partial charge >= 0.3 is 48.1 Å². The van der Waals surface area contributed by atoms with Crippen LogP contribution in [0, 0.1) is 0 Å². The Morgan fingerprint density at radius 2 is 1.42 bits per heavy atom. The van der Waals surface area contributed by atoms with E-state index in [1.54, 1.807) is 12.1 Å². The van der Waals surface area contributed by atoms with E-state index >= 15 is 0 Å². The van der Waals surface area contributed by atoms with Crippen molar-refractivity contribution in [1.29, 1.82) is 0 Å². The van der Waals surface area contributed by atoms with Crippen LogP contribution >= 0.6 is 0 Å². The molecular formula is C34H30F9N4NaO4. The molecule has 0 fully saturated rings. The second-order valence-corrected chi connectivity index (χ2v) is 11.6. The molecule has 8 nitrogen and oxygen atoms in total. The molecule has 0 saturated carbocycles. The van der Waals surface area contributed by atoms with Crippen molar-refractivity contribution in [2.24, 2.45) is 0 Å². The SMILES string of the molecule is COc1ccc(C(C)C)nc1-c1ccc(C(F)(F)F)cc1CN(Cc1cc(C(F)(F)F)cc(C(F)(F)F)c1)c1ncc(OCCCC(=O)[O-])cn1.[Na+]. The van der Waals surface area contributed by atoms with Crippen molar-refractivity contribution in [3.63, 3.8) is 0 Å². The number of hydrogen-bond acceptors (Lipinski definition) is 8. The molecule has 0 aliphatic heterocycles. The van der Waals surface area contributed by atoms with E-state index in [0.717, 1.165) is 35.5 Å². The fraction of sp³-hybridized carbons (Fsp3) is 0.353. The molecule has 0 saturated heterocycles. The maximum absolute atomic E-state index is 14.0. The quantitative estimate of drug-likeness (QED) is 0.109. The number of carboxylic acid groups (broad SMARTS) is 1. The molecule has 2 aromatic heterocycles. The molecule has 4 rings (SSSR count). The summed E-state index contributed by atoms with van der Waals surface area (Å²) >= 11 is 0. The first-order valence-corrected chi connectivity index (χ1v) is 15.2. The second-order valence-electron chi connectivity index (χ2n) is 11.6. The average molecular weight is 753 g/mol. The number of alkyl halides is 9. The molecule has 52 heavy (non-hydrogen) atoms. The number of anilines is 1. The van der Waals surface area contributed by atoms with E-state index in [0.29, 0.717) is 17.8 Å². The molecule has 2 aromatic carbocycles. The third-order valence-electron chi connectivity index (χ3n) is 7.45. The number of hydrogen-bond donors (Lipinski definition) is 0. The Morgan fingerprint density at radius 1 is 0.827 bits per heavy atom. The van der Waals surface area contributed by atoms with Gasteiger partial charge in [0.15, 0.2) is 5.75 Å². The fourth-order valence-electron chi connectivity index (χ4n) is 4.96. The van der Waals surface area contributed by atoms with Gasteiger partial charge in [-0.25, -0.2) is 15.0 Å². The monoisotopic (exact) mass is 752 g/mol. The molecule has 2 heterocycles. The fourth-order valence-corrected chi connectivity index (χ4v) is 4.96. The van der Waals surface area contributed by atoms with Gasteiger partial charge in [-0.15, -0.1) is 0 Å². The number of halogens is 9. The second kappa shape index (κ2) is 17.2. The summed E-state index contributed by atoms with van der Waals surface area (Å²) in [7, 11) is 1.33. The molecule has 18 heteroatoms. The smallest absolute Gasteiger partial charge is 0.550 e. The van der Waals surface area contributed by atoms with Crippen LogP contribution in [0.25, 0.3) is 11.3 Å². The molecule has 0 atom stereocenters. The number of benzene rings is 2. The van der Waals surface area contributed by atoms with Crippen molar-refractivity contribution in [2.45, 2.75) is 64.2 Å². The van der Waals surface area contributed by atoms with Crippen molar-refractivity contribution in [2.75, 3.05) is 18.6 Å². The van der Waals surface area contributed by atoms with Crippen molar-refractivity contribution < 1.29 is 88.4 Å². The number of nitrogens with zero attached hydrogens (tertiary/aromatic N) is 4. The average Bonchev–Trinajstić information content (AvgIpc) is 3.05. The largest absolute Gasteiger partial charge is 1.00 e. The summed E-state index contributed by atoms with van der Waals surface area (Å²) in [6, 6.07) is 6.98. The molecule has 0 aliphatic carbocycles. The topological polar surface area (TPSA) is 101 Å². The third-order valence-corrected chi connectivity index (χ3v) is 7.45. The summed E-state index contributed by atoms with van der Waals surface area (Å²) < 4.78 is 135. The van der Waals surface area contributed by atoms with Gasteiger partial charge in [0.05, 0.1) is 42.8 Å². The Kier molecular flexibility index (Phi) is 14.0. The molecule has 0 radical (unpaired) electrons. The summed E-state index contributed by atoms with van der Waals surface area (Å²) in [6.07, 6.45) is -13.2. The molecule has 0 N–H and O–H groups in total. The van der Waals surface area contributed by atoms with E-state index < -0.39 is 59.8 Å². The number of carbonyl (C=O) groups is 1. The minimum Gasteiger partial charge on any atom is -0.550 e. The first-order valence-electron chi connectivity index (χ1n) is 15.2. The Bertz CT molecular complexity index is 1800. The number of aliphatic carboxylic acids is 1. The summed E-state index contributed by atoms with van der Waals surface area (Å²) in [5, 5.41) is 10.7. The molecular weight excluding hydrogens is 722 g/mol. The van der Waals surface area contributed by atoms with Crippen molar-refractivity contribution in [3.05, 3.63) is 94.4 Å². The van der Waals surface area contributed by atoms with Crippen LogP contribution in [-0.2, 0) is 36.4 Å². The molecule has 0 amide bonds. The zero-order chi connectivity index (χ0) is 37.7. The van der Waals surface area contributed by atoms with E-state index in [1.807, 2.05) is 13.8 Å². The van der Waals surface area contributed by atoms with Crippen LogP contribution in [0.4, 0.5) is 45.5 Å². The molecule has 274 valence electrons. The van der Waals surface area contributed by atoms with Crippen LogP contribution in [0.2, 0.25) is 0 Å². The molecule has 0 aliphatic rings.